The van der Waals surface area contributed by atoms with Crippen molar-refractivity contribution in [3.05, 3.63) is 0 Å². The van der Waals surface area contributed by atoms with Crippen LogP contribution in [0.3, 0.4) is 0 Å². The largest absolute Gasteiger partial charge is 0.444 e. The molecule has 1 aliphatic heterocycles. The lowest BCUT2D eigenvalue weighted by molar-refractivity contribution is 0.0169. The smallest absolute Gasteiger partial charge is 0.407 e. The Morgan fingerprint density at radius 2 is 1.93 bits per heavy atom. The highest BCUT2D eigenvalue weighted by Crippen LogP contribution is 2.34. The van der Waals surface area contributed by atoms with Crippen molar-refractivity contribution in [2.75, 3.05) is 32.8 Å². The highest BCUT2D eigenvalue weighted by molar-refractivity contribution is 5.80. The molecule has 0 aromatic heterocycles. The first-order valence-corrected chi connectivity index (χ1v) is 11.5. The molecule has 1 saturated heterocycles. The van der Waals surface area contributed by atoms with Crippen molar-refractivity contribution in [1.29, 1.82) is 0 Å². The van der Waals surface area contributed by atoms with Crippen molar-refractivity contribution < 1.29 is 14.3 Å². The topological polar surface area (TPSA) is 75.2 Å². The molecule has 29 heavy (non-hydrogen) atoms. The van der Waals surface area contributed by atoms with Crippen LogP contribution in [0.2, 0.25) is 0 Å². The average molecular weight is 411 g/mol. The van der Waals surface area contributed by atoms with E-state index in [0.29, 0.717) is 25.3 Å². The molecule has 2 unspecified atom stereocenters. The van der Waals surface area contributed by atoms with Gasteiger partial charge in [0.1, 0.15) is 5.60 Å². The van der Waals surface area contributed by atoms with Gasteiger partial charge >= 0.3 is 6.09 Å². The first-order valence-electron chi connectivity index (χ1n) is 11.5. The molecule has 2 atom stereocenters. The molecule has 1 saturated carbocycles. The van der Waals surface area contributed by atoms with Gasteiger partial charge in [0.2, 0.25) is 0 Å². The second-order valence-electron chi connectivity index (χ2n) is 9.17. The molecule has 1 aliphatic carbocycles. The SMILES string of the molecule is CCCC1CC1NC(=NCC)N1CCC(OCCCNC(=O)OC(C)(C)C)CC1. The molecule has 0 aromatic rings. The van der Waals surface area contributed by atoms with Crippen LogP contribution in [0, 0.1) is 5.92 Å². The molecule has 2 rings (SSSR count). The van der Waals surface area contributed by atoms with E-state index in [1.807, 2.05) is 20.8 Å². The fourth-order valence-corrected chi connectivity index (χ4v) is 3.73. The van der Waals surface area contributed by atoms with Gasteiger partial charge in [-0.3, -0.25) is 4.99 Å². The van der Waals surface area contributed by atoms with E-state index in [0.717, 1.165) is 50.8 Å². The van der Waals surface area contributed by atoms with Gasteiger partial charge < -0.3 is 25.0 Å². The van der Waals surface area contributed by atoms with Gasteiger partial charge in [0.15, 0.2) is 5.96 Å². The lowest BCUT2D eigenvalue weighted by Crippen LogP contribution is -2.48. The second-order valence-corrected chi connectivity index (χ2v) is 9.17. The number of rotatable bonds is 9. The van der Waals surface area contributed by atoms with Gasteiger partial charge in [0.05, 0.1) is 6.10 Å². The van der Waals surface area contributed by atoms with Gasteiger partial charge in [-0.1, -0.05) is 13.3 Å². The highest BCUT2D eigenvalue weighted by Gasteiger charge is 2.37. The molecule has 7 heteroatoms. The molecular weight excluding hydrogens is 368 g/mol. The van der Waals surface area contributed by atoms with Gasteiger partial charge in [0.25, 0.3) is 0 Å². The van der Waals surface area contributed by atoms with Crippen LogP contribution in [0.15, 0.2) is 4.99 Å². The van der Waals surface area contributed by atoms with Gasteiger partial charge in [0, 0.05) is 38.8 Å². The molecule has 1 amide bonds. The van der Waals surface area contributed by atoms with Crippen LogP contribution >= 0.6 is 0 Å². The maximum absolute atomic E-state index is 11.6. The Morgan fingerprint density at radius 1 is 1.21 bits per heavy atom. The maximum atomic E-state index is 11.6. The molecule has 2 N–H and O–H groups in total. The van der Waals surface area contributed by atoms with Crippen LogP contribution in [0.5, 0.6) is 0 Å². The number of nitrogens with zero attached hydrogens (tertiary/aromatic N) is 2. The number of hydrogen-bond donors (Lipinski definition) is 2. The third-order valence-electron chi connectivity index (χ3n) is 5.29. The van der Waals surface area contributed by atoms with Gasteiger partial charge in [-0.2, -0.15) is 0 Å². The predicted octanol–water partition coefficient (Wildman–Crippen LogP) is 3.54. The Labute approximate surface area is 177 Å². The fraction of sp³-hybridized carbons (Fsp3) is 0.909. The van der Waals surface area contributed by atoms with Crippen LogP contribution in [0.1, 0.15) is 73.1 Å². The molecule has 0 bridgehead atoms. The average Bonchev–Trinajstić information content (AvgIpc) is 3.38. The zero-order chi connectivity index (χ0) is 21.3. The summed E-state index contributed by atoms with van der Waals surface area (Å²) in [5, 5.41) is 6.46. The van der Waals surface area contributed by atoms with Crippen molar-refractivity contribution in [1.82, 2.24) is 15.5 Å². The van der Waals surface area contributed by atoms with Gasteiger partial charge in [-0.25, -0.2) is 4.79 Å². The van der Waals surface area contributed by atoms with Crippen LogP contribution < -0.4 is 10.6 Å². The van der Waals surface area contributed by atoms with Crippen molar-refractivity contribution in [3.8, 4) is 0 Å². The first kappa shape index (κ1) is 23.8. The number of piperidine rings is 1. The minimum absolute atomic E-state index is 0.296. The monoisotopic (exact) mass is 410 g/mol. The zero-order valence-corrected chi connectivity index (χ0v) is 19.1. The van der Waals surface area contributed by atoms with E-state index in [1.54, 1.807) is 0 Å². The van der Waals surface area contributed by atoms with Crippen molar-refractivity contribution in [2.45, 2.75) is 90.9 Å². The normalized spacial score (nSPS) is 23.1. The number of amides is 1. The lowest BCUT2D eigenvalue weighted by atomic mass is 10.1. The Bertz CT molecular complexity index is 525. The third-order valence-corrected chi connectivity index (χ3v) is 5.29. The Morgan fingerprint density at radius 3 is 2.55 bits per heavy atom. The quantitative estimate of drug-likeness (QED) is 0.345. The van der Waals surface area contributed by atoms with Crippen LogP contribution in [0.25, 0.3) is 0 Å². The van der Waals surface area contributed by atoms with Crippen LogP contribution in [-0.4, -0.2) is 67.5 Å². The van der Waals surface area contributed by atoms with Gasteiger partial charge in [-0.15, -0.1) is 0 Å². The lowest BCUT2D eigenvalue weighted by Gasteiger charge is -2.34. The number of guanidine groups is 1. The van der Waals surface area contributed by atoms with E-state index in [4.69, 9.17) is 14.5 Å². The summed E-state index contributed by atoms with van der Waals surface area (Å²) in [5.41, 5.74) is -0.459. The highest BCUT2D eigenvalue weighted by atomic mass is 16.6. The van der Waals surface area contributed by atoms with Crippen molar-refractivity contribution >= 4 is 12.1 Å². The molecule has 168 valence electrons. The Hall–Kier alpha value is -1.50. The molecule has 0 aromatic carbocycles. The molecular formula is C22H42N4O3. The summed E-state index contributed by atoms with van der Waals surface area (Å²) in [4.78, 5) is 18.7. The van der Waals surface area contributed by atoms with E-state index in [2.05, 4.69) is 29.4 Å². The zero-order valence-electron chi connectivity index (χ0n) is 19.1. The molecule has 0 spiro atoms. The summed E-state index contributed by atoms with van der Waals surface area (Å²) in [5.74, 6) is 1.91. The summed E-state index contributed by atoms with van der Waals surface area (Å²) < 4.78 is 11.2. The second kappa shape index (κ2) is 11.6. The van der Waals surface area contributed by atoms with E-state index in [1.165, 1.54) is 19.3 Å². The summed E-state index contributed by atoms with van der Waals surface area (Å²) in [6, 6.07) is 0.617. The standard InChI is InChI=1S/C22H42N4O3/c1-6-9-17-16-19(17)25-20(23-7-2)26-13-10-18(11-14-26)28-15-8-12-24-21(27)29-22(3,4)5/h17-19H,6-16H2,1-5H3,(H,23,25)(H,24,27). The fourth-order valence-electron chi connectivity index (χ4n) is 3.73. The number of nitrogens with one attached hydrogen (secondary N) is 2. The Kier molecular flexibility index (Phi) is 9.53. The van der Waals surface area contributed by atoms with Crippen molar-refractivity contribution in [2.24, 2.45) is 10.9 Å². The number of carbonyl (C=O) groups excluding carboxylic acids is 1. The molecule has 2 fully saturated rings. The first-order chi connectivity index (χ1) is 13.8. The Balaban J connectivity index is 1.59. The van der Waals surface area contributed by atoms with E-state index in [9.17, 15) is 4.79 Å². The number of aliphatic imine (C=N–C) groups is 1. The van der Waals surface area contributed by atoms with Crippen molar-refractivity contribution in [3.63, 3.8) is 0 Å². The number of ether oxygens (including phenoxy) is 2. The van der Waals surface area contributed by atoms with Crippen LogP contribution in [0.4, 0.5) is 4.79 Å². The number of hydrogen-bond acceptors (Lipinski definition) is 4. The minimum atomic E-state index is -0.459. The van der Waals surface area contributed by atoms with E-state index >= 15 is 0 Å². The third kappa shape index (κ3) is 9.24. The number of likely N-dealkylation sites (tertiary alicyclic amines) is 1. The number of carbonyl (C=O) groups is 1. The molecule has 0 radical (unpaired) electrons. The maximum Gasteiger partial charge on any atom is 0.407 e. The molecule has 7 nitrogen and oxygen atoms in total. The van der Waals surface area contributed by atoms with Crippen LogP contribution in [-0.2, 0) is 9.47 Å². The molecule has 2 aliphatic rings. The molecule has 1 heterocycles. The summed E-state index contributed by atoms with van der Waals surface area (Å²) in [6.07, 6.45) is 6.63. The van der Waals surface area contributed by atoms with Gasteiger partial charge in [-0.05, 0) is 65.7 Å². The minimum Gasteiger partial charge on any atom is -0.444 e. The van der Waals surface area contributed by atoms with E-state index < -0.39 is 5.60 Å². The summed E-state index contributed by atoms with van der Waals surface area (Å²) >= 11 is 0. The number of alkyl carbamates (subject to hydrolysis) is 1. The van der Waals surface area contributed by atoms with E-state index in [-0.39, 0.29) is 6.09 Å². The summed E-state index contributed by atoms with van der Waals surface area (Å²) in [7, 11) is 0. The predicted molar refractivity (Wildman–Crippen MR) is 117 cm³/mol. The summed E-state index contributed by atoms with van der Waals surface area (Å²) in [6.45, 7) is 14.0.